The average molecular weight is 481 g/mol. The molecule has 0 aliphatic carbocycles. The molecule has 3 N–H and O–H groups in total. The summed E-state index contributed by atoms with van der Waals surface area (Å²) in [5, 5.41) is 16.4. The Morgan fingerprint density at radius 2 is 1.88 bits per heavy atom. The van der Waals surface area contributed by atoms with Crippen LogP contribution in [0.4, 0.5) is 5.69 Å². The molecule has 2 rings (SSSR count). The number of sulfonamides is 1. The van der Waals surface area contributed by atoms with E-state index in [4.69, 9.17) is 4.74 Å². The topological polar surface area (TPSA) is 140 Å². The highest BCUT2D eigenvalue weighted by Gasteiger charge is 2.29. The number of anilines is 1. The second-order valence-corrected chi connectivity index (χ2v) is 10.7. The summed E-state index contributed by atoms with van der Waals surface area (Å²) in [6.07, 6.45) is 0.580. The molecule has 1 aromatic heterocycles. The highest BCUT2D eigenvalue weighted by atomic mass is 32.2. The molecule has 0 fully saturated rings. The van der Waals surface area contributed by atoms with Crippen molar-refractivity contribution >= 4 is 27.6 Å². The minimum absolute atomic E-state index is 0.0217. The lowest BCUT2D eigenvalue weighted by molar-refractivity contribution is -0.118. The monoisotopic (exact) mass is 480 g/mol. The van der Waals surface area contributed by atoms with E-state index in [-0.39, 0.29) is 46.2 Å². The van der Waals surface area contributed by atoms with Crippen LogP contribution in [0.5, 0.6) is 11.6 Å². The van der Waals surface area contributed by atoms with Gasteiger partial charge in [-0.1, -0.05) is 20.8 Å². The van der Waals surface area contributed by atoms with Crippen LogP contribution in [0.25, 0.3) is 0 Å². The number of carbonyl (C=O) groups excluding carboxylic acids is 1. The van der Waals surface area contributed by atoms with Crippen molar-refractivity contribution in [3.8, 4) is 11.6 Å². The lowest BCUT2D eigenvalue weighted by atomic mass is 10.1. The molecule has 0 spiro atoms. The molecule has 1 heterocycles. The van der Waals surface area contributed by atoms with Crippen LogP contribution in [0.3, 0.4) is 0 Å². The number of aromatic carboxylic acids is 1. The van der Waals surface area contributed by atoms with Gasteiger partial charge in [0.25, 0.3) is 0 Å². The van der Waals surface area contributed by atoms with Crippen molar-refractivity contribution in [3.05, 3.63) is 29.5 Å². The lowest BCUT2D eigenvalue weighted by Gasteiger charge is -2.23. The molecular formula is C22H32N4O6S. The zero-order chi connectivity index (χ0) is 25.1. The SMILES string of the molecule is CCCNS(=O)(=O)c1cc(NC(=O)C(C)C)ccc1Oc1c(C)c(C(=O)O)nn1C(C)(C)C. The van der Waals surface area contributed by atoms with Crippen LogP contribution in [0.2, 0.25) is 0 Å². The Morgan fingerprint density at radius 3 is 2.39 bits per heavy atom. The number of carboxylic acid groups (broad SMARTS) is 1. The molecule has 0 bridgehead atoms. The fraction of sp³-hybridized carbons (Fsp3) is 0.500. The first-order valence-corrected chi connectivity index (χ1v) is 12.1. The number of nitrogens with zero attached hydrogens (tertiary/aromatic N) is 2. The Morgan fingerprint density at radius 1 is 1.24 bits per heavy atom. The second-order valence-electron chi connectivity index (χ2n) is 8.97. The third kappa shape index (κ3) is 6.11. The van der Waals surface area contributed by atoms with Crippen LogP contribution in [0, 0.1) is 12.8 Å². The molecule has 2 aromatic rings. The third-order valence-electron chi connectivity index (χ3n) is 4.68. The maximum atomic E-state index is 13.0. The molecule has 0 aliphatic rings. The Bertz CT molecular complexity index is 1150. The fourth-order valence-electron chi connectivity index (χ4n) is 2.84. The Labute approximate surface area is 194 Å². The van der Waals surface area contributed by atoms with Gasteiger partial charge >= 0.3 is 5.97 Å². The lowest BCUT2D eigenvalue weighted by Crippen LogP contribution is -2.26. The molecule has 0 saturated carbocycles. The van der Waals surface area contributed by atoms with Gasteiger partial charge in [-0.15, -0.1) is 0 Å². The highest BCUT2D eigenvalue weighted by molar-refractivity contribution is 7.89. The number of nitrogens with one attached hydrogen (secondary N) is 2. The first-order valence-electron chi connectivity index (χ1n) is 10.6. The standard InChI is InChI=1S/C22H32N4O6S/c1-8-11-23-33(30,31)17-12-15(24-19(27)13(2)3)9-10-16(17)32-20-14(4)18(21(28)29)25-26(20)22(5,6)7/h9-10,12-13,23H,8,11H2,1-7H3,(H,24,27)(H,28,29). The molecule has 11 heteroatoms. The number of hydrogen-bond acceptors (Lipinski definition) is 6. The maximum absolute atomic E-state index is 13.0. The summed E-state index contributed by atoms with van der Waals surface area (Å²) in [6.45, 7) is 12.5. The number of carbonyl (C=O) groups is 2. The molecule has 0 aliphatic heterocycles. The highest BCUT2D eigenvalue weighted by Crippen LogP contribution is 2.36. The number of amides is 1. The van der Waals surface area contributed by atoms with E-state index in [1.807, 2.05) is 27.7 Å². The van der Waals surface area contributed by atoms with Gasteiger partial charge in [0.1, 0.15) is 10.6 Å². The fourth-order valence-corrected chi connectivity index (χ4v) is 4.13. The number of aromatic nitrogens is 2. The van der Waals surface area contributed by atoms with Crippen LogP contribution >= 0.6 is 0 Å². The molecule has 0 saturated heterocycles. The van der Waals surface area contributed by atoms with Crippen molar-refractivity contribution in [1.82, 2.24) is 14.5 Å². The van der Waals surface area contributed by atoms with Crippen LogP contribution in [0.1, 0.15) is 64.0 Å². The first kappa shape index (κ1) is 26.3. The zero-order valence-electron chi connectivity index (χ0n) is 20.0. The minimum Gasteiger partial charge on any atom is -0.476 e. The molecule has 0 radical (unpaired) electrons. The average Bonchev–Trinajstić information content (AvgIpc) is 3.04. The van der Waals surface area contributed by atoms with E-state index in [2.05, 4.69) is 15.1 Å². The van der Waals surface area contributed by atoms with Gasteiger partial charge < -0.3 is 15.2 Å². The normalized spacial score (nSPS) is 12.1. The summed E-state index contributed by atoms with van der Waals surface area (Å²) in [6, 6.07) is 4.27. The van der Waals surface area contributed by atoms with Crippen molar-refractivity contribution in [3.63, 3.8) is 0 Å². The van der Waals surface area contributed by atoms with Crippen molar-refractivity contribution < 1.29 is 27.9 Å². The van der Waals surface area contributed by atoms with Crippen molar-refractivity contribution in [2.24, 2.45) is 5.92 Å². The van der Waals surface area contributed by atoms with Gasteiger partial charge in [-0.05, 0) is 52.3 Å². The van der Waals surface area contributed by atoms with Crippen LogP contribution in [0.15, 0.2) is 23.1 Å². The number of carboxylic acids is 1. The van der Waals surface area contributed by atoms with Crippen LogP contribution < -0.4 is 14.8 Å². The van der Waals surface area contributed by atoms with Crippen LogP contribution in [-0.4, -0.2) is 41.7 Å². The smallest absolute Gasteiger partial charge is 0.356 e. The zero-order valence-corrected chi connectivity index (χ0v) is 20.8. The summed E-state index contributed by atoms with van der Waals surface area (Å²) >= 11 is 0. The molecule has 10 nitrogen and oxygen atoms in total. The van der Waals surface area contributed by atoms with E-state index >= 15 is 0 Å². The molecule has 0 atom stereocenters. The summed E-state index contributed by atoms with van der Waals surface area (Å²) in [4.78, 5) is 23.6. The quantitative estimate of drug-likeness (QED) is 0.497. The molecule has 1 aromatic carbocycles. The Balaban J connectivity index is 2.65. The summed E-state index contributed by atoms with van der Waals surface area (Å²) < 4.78 is 36.0. The van der Waals surface area contributed by atoms with E-state index in [1.165, 1.54) is 22.9 Å². The van der Waals surface area contributed by atoms with Gasteiger partial charge in [0.05, 0.1) is 5.54 Å². The summed E-state index contributed by atoms with van der Waals surface area (Å²) in [5.41, 5.74) is -0.266. The third-order valence-corrected chi connectivity index (χ3v) is 6.16. The molecule has 182 valence electrons. The second kappa shape index (κ2) is 9.92. The number of rotatable bonds is 9. The van der Waals surface area contributed by atoms with Crippen molar-refractivity contribution in [2.45, 2.75) is 65.3 Å². The molecular weight excluding hydrogens is 448 g/mol. The molecule has 1 amide bonds. The predicted molar refractivity (Wildman–Crippen MR) is 124 cm³/mol. The number of benzene rings is 1. The largest absolute Gasteiger partial charge is 0.476 e. The van der Waals surface area contributed by atoms with E-state index in [1.54, 1.807) is 20.8 Å². The van der Waals surface area contributed by atoms with Gasteiger partial charge in [0.2, 0.25) is 21.8 Å². The van der Waals surface area contributed by atoms with Gasteiger partial charge in [0, 0.05) is 23.7 Å². The van der Waals surface area contributed by atoms with E-state index in [0.717, 1.165) is 0 Å². The van der Waals surface area contributed by atoms with Gasteiger partial charge in [-0.2, -0.15) is 5.10 Å². The number of hydrogen-bond donors (Lipinski definition) is 3. The van der Waals surface area contributed by atoms with E-state index in [9.17, 15) is 23.1 Å². The Kier molecular flexibility index (Phi) is 7.91. The van der Waals surface area contributed by atoms with Gasteiger partial charge in [0.15, 0.2) is 5.69 Å². The van der Waals surface area contributed by atoms with Crippen molar-refractivity contribution in [1.29, 1.82) is 0 Å². The minimum atomic E-state index is -3.99. The number of ether oxygens (including phenoxy) is 1. The molecule has 33 heavy (non-hydrogen) atoms. The summed E-state index contributed by atoms with van der Waals surface area (Å²) in [5.74, 6) is -1.68. The Hall–Kier alpha value is -2.92. The predicted octanol–water partition coefficient (Wildman–Crippen LogP) is 3.72. The van der Waals surface area contributed by atoms with E-state index in [0.29, 0.717) is 12.1 Å². The summed E-state index contributed by atoms with van der Waals surface area (Å²) in [7, 11) is -3.99. The van der Waals surface area contributed by atoms with E-state index < -0.39 is 21.5 Å². The van der Waals surface area contributed by atoms with Crippen LogP contribution in [-0.2, 0) is 20.4 Å². The van der Waals surface area contributed by atoms with Gasteiger partial charge in [-0.3, -0.25) is 4.79 Å². The first-order chi connectivity index (χ1) is 15.2. The molecule has 0 unspecified atom stereocenters. The van der Waals surface area contributed by atoms with Gasteiger partial charge in [-0.25, -0.2) is 22.6 Å². The van der Waals surface area contributed by atoms with Crippen molar-refractivity contribution in [2.75, 3.05) is 11.9 Å². The maximum Gasteiger partial charge on any atom is 0.356 e.